The number of halogens is 2. The molecule has 0 radical (unpaired) electrons. The summed E-state index contributed by atoms with van der Waals surface area (Å²) in [5.41, 5.74) is 1.04. The normalized spacial score (nSPS) is 10.7. The van der Waals surface area contributed by atoms with Crippen LogP contribution in [-0.4, -0.2) is 11.5 Å². The van der Waals surface area contributed by atoms with Crippen molar-refractivity contribution in [1.29, 1.82) is 0 Å². The zero-order valence-corrected chi connectivity index (χ0v) is 11.3. The second-order valence-corrected chi connectivity index (χ2v) is 4.99. The lowest BCUT2D eigenvalue weighted by Gasteiger charge is -2.08. The third-order valence-electron chi connectivity index (χ3n) is 2.52. The minimum absolute atomic E-state index is 0.635. The van der Waals surface area contributed by atoms with Gasteiger partial charge in [0.25, 0.3) is 0 Å². The van der Waals surface area contributed by atoms with Gasteiger partial charge in [-0.2, -0.15) is 0 Å². The molecule has 100 valence electrons. The van der Waals surface area contributed by atoms with Crippen LogP contribution in [-0.2, 0) is 6.54 Å². The molecular weight excluding hydrogens is 266 g/mol. The highest BCUT2D eigenvalue weighted by atomic mass is 32.2. The van der Waals surface area contributed by atoms with Crippen LogP contribution in [0.25, 0.3) is 0 Å². The van der Waals surface area contributed by atoms with Crippen molar-refractivity contribution in [1.82, 2.24) is 10.3 Å². The van der Waals surface area contributed by atoms with Gasteiger partial charge >= 0.3 is 0 Å². The monoisotopic (exact) mass is 280 g/mol. The van der Waals surface area contributed by atoms with Crippen molar-refractivity contribution in [3.63, 3.8) is 0 Å². The fraction of sp³-hybridized carbons (Fsp3) is 0.214. The third-order valence-corrected chi connectivity index (χ3v) is 3.57. The molecule has 1 aromatic carbocycles. The van der Waals surface area contributed by atoms with Crippen molar-refractivity contribution in [2.75, 3.05) is 6.54 Å². The quantitative estimate of drug-likeness (QED) is 0.905. The Bertz CT molecular complexity index is 561. The molecule has 1 heterocycles. The molecule has 2 rings (SSSR count). The average Bonchev–Trinajstić information content (AvgIpc) is 2.42. The Morgan fingerprint density at radius 2 is 2.05 bits per heavy atom. The van der Waals surface area contributed by atoms with Gasteiger partial charge < -0.3 is 5.32 Å². The second kappa shape index (κ2) is 6.63. The molecule has 0 aliphatic carbocycles. The van der Waals surface area contributed by atoms with Crippen molar-refractivity contribution in [2.45, 2.75) is 23.4 Å². The van der Waals surface area contributed by atoms with E-state index < -0.39 is 11.6 Å². The van der Waals surface area contributed by atoms with Gasteiger partial charge in [0, 0.05) is 17.6 Å². The zero-order chi connectivity index (χ0) is 13.7. The van der Waals surface area contributed by atoms with Crippen molar-refractivity contribution in [3.8, 4) is 0 Å². The predicted molar refractivity (Wildman–Crippen MR) is 72.1 cm³/mol. The number of pyridine rings is 1. The lowest BCUT2D eigenvalue weighted by molar-refractivity contribution is 0.506. The summed E-state index contributed by atoms with van der Waals surface area (Å²) in [5, 5.41) is 4.02. The van der Waals surface area contributed by atoms with E-state index in [9.17, 15) is 8.78 Å². The molecular formula is C14H14F2N2S. The molecule has 0 amide bonds. The Morgan fingerprint density at radius 3 is 2.79 bits per heavy atom. The van der Waals surface area contributed by atoms with E-state index in [1.807, 2.05) is 19.1 Å². The maximum absolute atomic E-state index is 13.2. The van der Waals surface area contributed by atoms with E-state index in [-0.39, 0.29) is 0 Å². The fourth-order valence-electron chi connectivity index (χ4n) is 1.56. The van der Waals surface area contributed by atoms with Crippen molar-refractivity contribution in [3.05, 3.63) is 53.7 Å². The molecule has 0 atom stereocenters. The highest BCUT2D eigenvalue weighted by Gasteiger charge is 2.08. The smallest absolute Gasteiger partial charge is 0.159 e. The first kappa shape index (κ1) is 14.0. The average molecular weight is 280 g/mol. The lowest BCUT2D eigenvalue weighted by atomic mass is 10.3. The summed E-state index contributed by atoms with van der Waals surface area (Å²) in [4.78, 5) is 4.92. The van der Waals surface area contributed by atoms with Crippen molar-refractivity contribution >= 4 is 11.8 Å². The van der Waals surface area contributed by atoms with Crippen LogP contribution >= 0.6 is 11.8 Å². The molecule has 0 aliphatic heterocycles. The molecule has 0 saturated carbocycles. The highest BCUT2D eigenvalue weighted by molar-refractivity contribution is 7.99. The van der Waals surface area contributed by atoms with Gasteiger partial charge in [0.15, 0.2) is 11.6 Å². The molecule has 0 spiro atoms. The Labute approximate surface area is 115 Å². The summed E-state index contributed by atoms with van der Waals surface area (Å²) in [5.74, 6) is -1.67. The summed E-state index contributed by atoms with van der Waals surface area (Å²) in [7, 11) is 0. The van der Waals surface area contributed by atoms with Gasteiger partial charge in [-0.1, -0.05) is 24.8 Å². The minimum atomic E-state index is -0.839. The number of rotatable bonds is 5. The summed E-state index contributed by atoms with van der Waals surface area (Å²) in [6.07, 6.45) is 1.69. The van der Waals surface area contributed by atoms with Crippen LogP contribution in [0.5, 0.6) is 0 Å². The van der Waals surface area contributed by atoms with E-state index in [4.69, 9.17) is 0 Å². The van der Waals surface area contributed by atoms with Gasteiger partial charge in [-0.25, -0.2) is 13.8 Å². The first-order valence-electron chi connectivity index (χ1n) is 5.98. The van der Waals surface area contributed by atoms with Crippen LogP contribution in [0.4, 0.5) is 8.78 Å². The van der Waals surface area contributed by atoms with Gasteiger partial charge in [0.1, 0.15) is 5.03 Å². The Balaban J connectivity index is 2.20. The topological polar surface area (TPSA) is 24.9 Å². The van der Waals surface area contributed by atoms with Gasteiger partial charge in [-0.15, -0.1) is 0 Å². The van der Waals surface area contributed by atoms with Crippen molar-refractivity contribution < 1.29 is 8.78 Å². The van der Waals surface area contributed by atoms with E-state index in [1.54, 1.807) is 12.3 Å². The number of benzene rings is 1. The van der Waals surface area contributed by atoms with Gasteiger partial charge in [-0.05, 0) is 36.4 Å². The first-order chi connectivity index (χ1) is 9.20. The molecule has 1 aromatic heterocycles. The molecule has 2 nitrogen and oxygen atoms in total. The Morgan fingerprint density at radius 1 is 1.21 bits per heavy atom. The second-order valence-electron chi connectivity index (χ2n) is 3.93. The van der Waals surface area contributed by atoms with Crippen LogP contribution in [0, 0.1) is 11.6 Å². The molecule has 1 N–H and O–H groups in total. The van der Waals surface area contributed by atoms with Crippen molar-refractivity contribution in [2.24, 2.45) is 0 Å². The molecule has 2 aromatic rings. The Hall–Kier alpha value is -1.46. The molecule has 5 heteroatoms. The van der Waals surface area contributed by atoms with E-state index in [0.717, 1.165) is 23.2 Å². The SMILES string of the molecule is CCNCc1cccnc1Sc1ccc(F)c(F)c1. The number of nitrogens with one attached hydrogen (secondary N) is 1. The molecule has 0 bridgehead atoms. The maximum Gasteiger partial charge on any atom is 0.159 e. The molecule has 0 unspecified atom stereocenters. The number of nitrogens with zero attached hydrogens (tertiary/aromatic N) is 1. The standard InChI is InChI=1S/C14H14F2N2S/c1-2-17-9-10-4-3-7-18-14(10)19-11-5-6-12(15)13(16)8-11/h3-8,17H,2,9H2,1H3. The summed E-state index contributed by atoms with van der Waals surface area (Å²) in [6, 6.07) is 7.70. The summed E-state index contributed by atoms with van der Waals surface area (Å²) < 4.78 is 26.0. The minimum Gasteiger partial charge on any atom is -0.313 e. The largest absolute Gasteiger partial charge is 0.313 e. The zero-order valence-electron chi connectivity index (χ0n) is 10.5. The van der Waals surface area contributed by atoms with Crippen LogP contribution in [0.3, 0.4) is 0 Å². The van der Waals surface area contributed by atoms with E-state index >= 15 is 0 Å². The van der Waals surface area contributed by atoms with E-state index in [1.165, 1.54) is 17.8 Å². The molecule has 0 saturated heterocycles. The number of hydrogen-bond donors (Lipinski definition) is 1. The molecule has 19 heavy (non-hydrogen) atoms. The van der Waals surface area contributed by atoms with Gasteiger partial charge in [0.05, 0.1) is 0 Å². The van der Waals surface area contributed by atoms with E-state index in [0.29, 0.717) is 11.4 Å². The fourth-order valence-corrected chi connectivity index (χ4v) is 2.47. The molecule has 0 aliphatic rings. The maximum atomic E-state index is 13.2. The number of hydrogen-bond acceptors (Lipinski definition) is 3. The summed E-state index contributed by atoms with van der Waals surface area (Å²) in [6.45, 7) is 3.60. The van der Waals surface area contributed by atoms with Crippen LogP contribution in [0.2, 0.25) is 0 Å². The molecule has 0 fully saturated rings. The lowest BCUT2D eigenvalue weighted by Crippen LogP contribution is -2.12. The van der Waals surface area contributed by atoms with Crippen LogP contribution in [0.15, 0.2) is 46.5 Å². The highest BCUT2D eigenvalue weighted by Crippen LogP contribution is 2.29. The van der Waals surface area contributed by atoms with Gasteiger partial charge in [-0.3, -0.25) is 0 Å². The van der Waals surface area contributed by atoms with E-state index in [2.05, 4.69) is 10.3 Å². The first-order valence-corrected chi connectivity index (χ1v) is 6.80. The Kier molecular flexibility index (Phi) is 4.87. The van der Waals surface area contributed by atoms with Gasteiger partial charge in [0.2, 0.25) is 0 Å². The summed E-state index contributed by atoms with van der Waals surface area (Å²) >= 11 is 1.33. The predicted octanol–water partition coefficient (Wildman–Crippen LogP) is 3.62. The third kappa shape index (κ3) is 3.75. The van der Waals surface area contributed by atoms with Crippen LogP contribution in [0.1, 0.15) is 12.5 Å². The number of aromatic nitrogens is 1. The van der Waals surface area contributed by atoms with Crippen LogP contribution < -0.4 is 5.32 Å².